The molecule has 35 heavy (non-hydrogen) atoms. The van der Waals surface area contributed by atoms with E-state index in [2.05, 4.69) is 46.7 Å². The second-order valence-electron chi connectivity index (χ2n) is 9.77. The minimum Gasteiger partial charge on any atom is -0.375 e. The molecule has 0 unspecified atom stereocenters. The maximum atomic E-state index is 13.7. The van der Waals surface area contributed by atoms with Gasteiger partial charge in [-0.1, -0.05) is 49.2 Å². The first kappa shape index (κ1) is 27.6. The van der Waals surface area contributed by atoms with Crippen LogP contribution < -0.4 is 5.32 Å². The molecule has 1 aliphatic carbocycles. The zero-order chi connectivity index (χ0) is 22.6. The fourth-order valence-corrected chi connectivity index (χ4v) is 6.01. The molecule has 6 heteroatoms. The van der Waals surface area contributed by atoms with Crippen molar-refractivity contribution in [3.8, 4) is 11.1 Å². The molecule has 1 N–H and O–H groups in total. The Bertz CT molecular complexity index is 1060. The zero-order valence-corrected chi connectivity index (χ0v) is 21.7. The third-order valence-electron chi connectivity index (χ3n) is 7.73. The van der Waals surface area contributed by atoms with E-state index >= 15 is 0 Å². The highest BCUT2D eigenvalue weighted by atomic mass is 35.5. The molecule has 188 valence electrons. The van der Waals surface area contributed by atoms with Gasteiger partial charge in [0.2, 0.25) is 0 Å². The van der Waals surface area contributed by atoms with E-state index in [1.165, 1.54) is 35.1 Å². The van der Waals surface area contributed by atoms with Crippen LogP contribution >= 0.6 is 24.8 Å². The van der Waals surface area contributed by atoms with Crippen molar-refractivity contribution in [1.82, 2.24) is 10.3 Å². The predicted molar refractivity (Wildman–Crippen MR) is 145 cm³/mol. The average molecular weight is 518 g/mol. The summed E-state index contributed by atoms with van der Waals surface area (Å²) < 4.78 is 20.1. The molecule has 2 aliphatic rings. The minimum atomic E-state index is -0.164. The third kappa shape index (κ3) is 6.24. The van der Waals surface area contributed by atoms with Crippen molar-refractivity contribution in [2.75, 3.05) is 13.2 Å². The fraction of sp³-hybridized carbons (Fsp3) is 0.414. The predicted octanol–water partition coefficient (Wildman–Crippen LogP) is 7.27. The first-order chi connectivity index (χ1) is 16.2. The van der Waals surface area contributed by atoms with Crippen LogP contribution in [0, 0.1) is 5.82 Å². The summed E-state index contributed by atoms with van der Waals surface area (Å²) >= 11 is 0. The Morgan fingerprint density at radius 1 is 0.886 bits per heavy atom. The van der Waals surface area contributed by atoms with Gasteiger partial charge in [0.1, 0.15) is 5.82 Å². The van der Waals surface area contributed by atoms with E-state index in [1.54, 1.807) is 12.1 Å². The molecule has 0 bridgehead atoms. The zero-order valence-electron chi connectivity index (χ0n) is 20.0. The molecule has 3 nitrogen and oxygen atoms in total. The molecule has 3 aromatic rings. The maximum absolute atomic E-state index is 13.7. The summed E-state index contributed by atoms with van der Waals surface area (Å²) in [4.78, 5) is 4.15. The van der Waals surface area contributed by atoms with Crippen LogP contribution in [-0.4, -0.2) is 23.7 Å². The fourth-order valence-electron chi connectivity index (χ4n) is 6.01. The second-order valence-corrected chi connectivity index (χ2v) is 9.77. The monoisotopic (exact) mass is 516 g/mol. The van der Waals surface area contributed by atoms with Crippen molar-refractivity contribution in [2.45, 2.75) is 62.5 Å². The van der Waals surface area contributed by atoms with Gasteiger partial charge in [-0.05, 0) is 85.2 Å². The molecule has 1 saturated carbocycles. The third-order valence-corrected chi connectivity index (χ3v) is 7.73. The van der Waals surface area contributed by atoms with Crippen molar-refractivity contribution >= 4 is 24.8 Å². The van der Waals surface area contributed by atoms with Crippen LogP contribution in [0.15, 0.2) is 73.1 Å². The van der Waals surface area contributed by atoms with Crippen LogP contribution in [0.25, 0.3) is 11.1 Å². The van der Waals surface area contributed by atoms with Gasteiger partial charge in [-0.2, -0.15) is 0 Å². The Morgan fingerprint density at radius 2 is 1.60 bits per heavy atom. The van der Waals surface area contributed by atoms with E-state index < -0.39 is 0 Å². The lowest BCUT2D eigenvalue weighted by atomic mass is 9.66. The van der Waals surface area contributed by atoms with Gasteiger partial charge in [0.05, 0.1) is 5.60 Å². The largest absolute Gasteiger partial charge is 0.375 e. The summed E-state index contributed by atoms with van der Waals surface area (Å²) in [5.74, 6) is -0.164. The van der Waals surface area contributed by atoms with Crippen LogP contribution in [0.1, 0.15) is 56.1 Å². The summed E-state index contributed by atoms with van der Waals surface area (Å²) in [6.07, 6.45) is 11.6. The number of hydrogen-bond donors (Lipinski definition) is 1. The molecule has 2 heterocycles. The van der Waals surface area contributed by atoms with E-state index in [0.29, 0.717) is 0 Å². The van der Waals surface area contributed by atoms with E-state index in [4.69, 9.17) is 4.74 Å². The van der Waals surface area contributed by atoms with Crippen molar-refractivity contribution in [1.29, 1.82) is 0 Å². The lowest BCUT2D eigenvalue weighted by Crippen LogP contribution is -2.47. The summed E-state index contributed by atoms with van der Waals surface area (Å²) in [6, 6.07) is 19.9. The van der Waals surface area contributed by atoms with E-state index in [9.17, 15) is 4.39 Å². The van der Waals surface area contributed by atoms with E-state index in [1.807, 2.05) is 24.5 Å². The van der Waals surface area contributed by atoms with Crippen LogP contribution in [0.4, 0.5) is 4.39 Å². The quantitative estimate of drug-likeness (QED) is 0.335. The Kier molecular flexibility index (Phi) is 9.71. The number of benzene rings is 2. The second kappa shape index (κ2) is 12.3. The molecule has 1 atom stereocenters. The van der Waals surface area contributed by atoms with Crippen LogP contribution in [0.5, 0.6) is 0 Å². The molecule has 5 rings (SSSR count). The summed E-state index contributed by atoms with van der Waals surface area (Å²) in [5, 5.41) is 3.71. The molecule has 2 aromatic carbocycles. The summed E-state index contributed by atoms with van der Waals surface area (Å²) in [5.41, 5.74) is 5.04. The molecule has 2 fully saturated rings. The number of rotatable bonds is 7. The highest BCUT2D eigenvalue weighted by Crippen LogP contribution is 2.50. The number of nitrogens with zero attached hydrogens (tertiary/aromatic N) is 1. The van der Waals surface area contributed by atoms with Gasteiger partial charge in [-0.25, -0.2) is 4.39 Å². The van der Waals surface area contributed by atoms with E-state index in [-0.39, 0.29) is 41.6 Å². The number of aromatic nitrogens is 1. The summed E-state index contributed by atoms with van der Waals surface area (Å²) in [7, 11) is 0. The van der Waals surface area contributed by atoms with Crippen LogP contribution in [0.2, 0.25) is 0 Å². The van der Waals surface area contributed by atoms with Gasteiger partial charge in [0.25, 0.3) is 0 Å². The summed E-state index contributed by atoms with van der Waals surface area (Å²) in [6.45, 7) is 2.53. The molecule has 1 spiro atoms. The molecular formula is C29H35Cl2FN2O. The lowest BCUT2D eigenvalue weighted by molar-refractivity contribution is -0.103. The van der Waals surface area contributed by atoms with Crippen molar-refractivity contribution < 1.29 is 9.13 Å². The number of hydrogen-bond acceptors (Lipinski definition) is 3. The Hall–Kier alpha value is -1.98. The molecule has 1 saturated heterocycles. The smallest absolute Gasteiger partial charge is 0.123 e. The van der Waals surface area contributed by atoms with Gasteiger partial charge < -0.3 is 10.1 Å². The number of halogens is 3. The SMILES string of the molecule is Cl.Cl.Fc1ccc([C@]2(CCNCc3ccccc3-c3ccncc3)CCOC3(CCCC3)C2)cc1. The lowest BCUT2D eigenvalue weighted by Gasteiger charge is -2.47. The van der Waals surface area contributed by atoms with Crippen molar-refractivity contribution in [3.63, 3.8) is 0 Å². The Labute approximate surface area is 220 Å². The first-order valence-electron chi connectivity index (χ1n) is 12.3. The number of pyridine rings is 1. The average Bonchev–Trinajstić information content (AvgIpc) is 3.30. The molecule has 1 aliphatic heterocycles. The van der Waals surface area contributed by atoms with Crippen LogP contribution in [0.3, 0.4) is 0 Å². The minimum absolute atomic E-state index is 0. The molecular weight excluding hydrogens is 482 g/mol. The number of ether oxygens (including phenoxy) is 1. The van der Waals surface area contributed by atoms with Gasteiger partial charge in [0.15, 0.2) is 0 Å². The van der Waals surface area contributed by atoms with Gasteiger partial charge in [-0.3, -0.25) is 4.98 Å². The van der Waals surface area contributed by atoms with Gasteiger partial charge >= 0.3 is 0 Å². The maximum Gasteiger partial charge on any atom is 0.123 e. The molecule has 0 radical (unpaired) electrons. The van der Waals surface area contributed by atoms with Crippen molar-refractivity contribution in [2.24, 2.45) is 0 Å². The molecule has 1 aromatic heterocycles. The Morgan fingerprint density at radius 3 is 2.34 bits per heavy atom. The highest BCUT2D eigenvalue weighted by molar-refractivity contribution is 5.85. The highest BCUT2D eigenvalue weighted by Gasteiger charge is 2.47. The van der Waals surface area contributed by atoms with Gasteiger partial charge in [-0.15, -0.1) is 24.8 Å². The first-order valence-corrected chi connectivity index (χ1v) is 12.3. The number of nitrogens with one attached hydrogen (secondary N) is 1. The van der Waals surface area contributed by atoms with E-state index in [0.717, 1.165) is 51.8 Å². The topological polar surface area (TPSA) is 34.2 Å². The Balaban J connectivity index is 0.00000171. The van der Waals surface area contributed by atoms with Crippen molar-refractivity contribution in [3.05, 3.63) is 90.0 Å². The standard InChI is InChI=1S/C29H33FN2O.2ClH/c30-26-9-7-25(8-10-26)28(16-20-33-29(22-28)13-3-4-14-29)15-19-32-21-24-5-1-2-6-27(24)23-11-17-31-18-12-23;;/h1-2,5-12,17-18,32H,3-4,13-16,19-22H2;2*1H/t28-;;/m1../s1. The van der Waals surface area contributed by atoms with Gasteiger partial charge in [0, 0.05) is 31.0 Å². The van der Waals surface area contributed by atoms with Crippen LogP contribution in [-0.2, 0) is 16.7 Å². The molecule has 0 amide bonds. The normalized spacial score (nSPS) is 20.7.